The molecule has 0 radical (unpaired) electrons. The van der Waals surface area contributed by atoms with Crippen molar-refractivity contribution in [1.29, 1.82) is 0 Å². The Morgan fingerprint density at radius 2 is 1.73 bits per heavy atom. The fraction of sp³-hybridized carbons (Fsp3) is 0.350. The number of nitrogens with zero attached hydrogens (tertiary/aromatic N) is 1. The van der Waals surface area contributed by atoms with Crippen molar-refractivity contribution in [3.8, 4) is 5.75 Å². The molecule has 3 rings (SSSR count). The Bertz CT molecular complexity index is 915. The summed E-state index contributed by atoms with van der Waals surface area (Å²) < 4.78 is 32.5. The molecule has 0 atom stereocenters. The number of rotatable bonds is 5. The highest BCUT2D eigenvalue weighted by molar-refractivity contribution is 7.92. The number of carbonyl (C=O) groups excluding carboxylic acids is 1. The van der Waals surface area contributed by atoms with Gasteiger partial charge in [-0.2, -0.15) is 0 Å². The molecule has 26 heavy (non-hydrogen) atoms. The molecule has 1 saturated carbocycles. The van der Waals surface area contributed by atoms with E-state index >= 15 is 0 Å². The van der Waals surface area contributed by atoms with Gasteiger partial charge < -0.3 is 4.74 Å². The number of ether oxygens (including phenoxy) is 1. The van der Waals surface area contributed by atoms with E-state index in [-0.39, 0.29) is 11.9 Å². The predicted octanol–water partition coefficient (Wildman–Crippen LogP) is 3.83. The lowest BCUT2D eigenvalue weighted by Gasteiger charge is -2.23. The fourth-order valence-corrected chi connectivity index (χ4v) is 4.34. The highest BCUT2D eigenvalue weighted by Gasteiger charge is 2.27. The molecule has 0 aliphatic heterocycles. The van der Waals surface area contributed by atoms with Crippen LogP contribution in [0.1, 0.15) is 30.4 Å². The minimum atomic E-state index is -3.66. The van der Waals surface area contributed by atoms with Gasteiger partial charge in [-0.1, -0.05) is 18.6 Å². The Labute approximate surface area is 154 Å². The second kappa shape index (κ2) is 7.11. The molecule has 1 fully saturated rings. The Morgan fingerprint density at radius 3 is 2.31 bits per heavy atom. The summed E-state index contributed by atoms with van der Waals surface area (Å²) in [4.78, 5) is 12.2. The summed E-state index contributed by atoms with van der Waals surface area (Å²) in [7, 11) is -2.14. The van der Waals surface area contributed by atoms with E-state index in [1.807, 2.05) is 13.0 Å². The van der Waals surface area contributed by atoms with Gasteiger partial charge in [-0.15, -0.1) is 0 Å². The van der Waals surface area contributed by atoms with E-state index in [0.717, 1.165) is 24.8 Å². The van der Waals surface area contributed by atoms with Crippen LogP contribution in [0.5, 0.6) is 5.75 Å². The number of sulfonamides is 1. The first-order valence-electron chi connectivity index (χ1n) is 8.67. The van der Waals surface area contributed by atoms with E-state index in [2.05, 4.69) is 0 Å². The third-order valence-corrected chi connectivity index (χ3v) is 6.77. The second-order valence-electron chi connectivity index (χ2n) is 6.78. The molecule has 0 heterocycles. The summed E-state index contributed by atoms with van der Waals surface area (Å²) in [5.74, 6) is 0.227. The molecule has 1 aliphatic rings. The molecule has 0 bridgehead atoms. The van der Waals surface area contributed by atoms with E-state index in [0.29, 0.717) is 21.9 Å². The summed E-state index contributed by atoms with van der Waals surface area (Å²) in [5.41, 5.74) is 2.10. The SMILES string of the molecule is Cc1ccc(C)c(S(=O)(=O)N(C)c2ccc(OC(=O)C3CCC3)cc2)c1. The van der Waals surface area contributed by atoms with Crippen molar-refractivity contribution in [2.24, 2.45) is 5.92 Å². The van der Waals surface area contributed by atoms with Crippen molar-refractivity contribution in [3.63, 3.8) is 0 Å². The maximum absolute atomic E-state index is 12.9. The highest BCUT2D eigenvalue weighted by Crippen LogP contribution is 2.30. The van der Waals surface area contributed by atoms with Gasteiger partial charge in [0.05, 0.1) is 16.5 Å². The molecule has 1 aliphatic carbocycles. The molecule has 0 N–H and O–H groups in total. The van der Waals surface area contributed by atoms with Gasteiger partial charge in [0.15, 0.2) is 0 Å². The van der Waals surface area contributed by atoms with Crippen molar-refractivity contribution >= 4 is 21.7 Å². The number of benzene rings is 2. The Morgan fingerprint density at radius 1 is 1.08 bits per heavy atom. The van der Waals surface area contributed by atoms with E-state index in [1.54, 1.807) is 43.3 Å². The van der Waals surface area contributed by atoms with E-state index in [9.17, 15) is 13.2 Å². The Kier molecular flexibility index (Phi) is 5.05. The van der Waals surface area contributed by atoms with Gasteiger partial charge in [-0.05, 0) is 68.1 Å². The summed E-state index contributed by atoms with van der Waals surface area (Å²) in [6.07, 6.45) is 2.83. The number of esters is 1. The smallest absolute Gasteiger partial charge is 0.314 e. The number of hydrogen-bond acceptors (Lipinski definition) is 4. The summed E-state index contributed by atoms with van der Waals surface area (Å²) in [5, 5.41) is 0. The number of carbonyl (C=O) groups is 1. The number of aryl methyl sites for hydroxylation is 2. The van der Waals surface area contributed by atoms with Gasteiger partial charge in [-0.3, -0.25) is 9.10 Å². The topological polar surface area (TPSA) is 63.7 Å². The lowest BCUT2D eigenvalue weighted by atomic mass is 9.86. The zero-order chi connectivity index (χ0) is 18.9. The van der Waals surface area contributed by atoms with Crippen molar-refractivity contribution < 1.29 is 17.9 Å². The van der Waals surface area contributed by atoms with Crippen molar-refractivity contribution in [2.45, 2.75) is 38.0 Å². The quantitative estimate of drug-likeness (QED) is 0.590. The average Bonchev–Trinajstić information content (AvgIpc) is 2.55. The molecule has 0 aromatic heterocycles. The monoisotopic (exact) mass is 373 g/mol. The highest BCUT2D eigenvalue weighted by atomic mass is 32.2. The average molecular weight is 373 g/mol. The first-order valence-corrected chi connectivity index (χ1v) is 10.1. The lowest BCUT2D eigenvalue weighted by Crippen LogP contribution is -2.27. The van der Waals surface area contributed by atoms with Crippen LogP contribution in [0.4, 0.5) is 5.69 Å². The molecule has 2 aromatic rings. The molecule has 0 saturated heterocycles. The largest absolute Gasteiger partial charge is 0.426 e. The van der Waals surface area contributed by atoms with Gasteiger partial charge in [0, 0.05) is 7.05 Å². The van der Waals surface area contributed by atoms with Crippen LogP contribution in [0.15, 0.2) is 47.4 Å². The van der Waals surface area contributed by atoms with Crippen LogP contribution in [-0.4, -0.2) is 21.4 Å². The predicted molar refractivity (Wildman–Crippen MR) is 101 cm³/mol. The Hall–Kier alpha value is -2.34. The molecule has 138 valence electrons. The number of anilines is 1. The van der Waals surface area contributed by atoms with Gasteiger partial charge in [0.25, 0.3) is 10.0 Å². The van der Waals surface area contributed by atoms with E-state index in [4.69, 9.17) is 4.74 Å². The summed E-state index contributed by atoms with van der Waals surface area (Å²) >= 11 is 0. The van der Waals surface area contributed by atoms with Crippen LogP contribution >= 0.6 is 0 Å². The minimum absolute atomic E-state index is 0.00187. The molecule has 0 spiro atoms. The fourth-order valence-electron chi connectivity index (χ4n) is 2.84. The van der Waals surface area contributed by atoms with Crippen LogP contribution < -0.4 is 9.04 Å². The molecule has 2 aromatic carbocycles. The molecule has 0 unspecified atom stereocenters. The van der Waals surface area contributed by atoms with Crippen molar-refractivity contribution in [2.75, 3.05) is 11.4 Å². The third kappa shape index (κ3) is 3.60. The van der Waals surface area contributed by atoms with E-state index in [1.165, 1.54) is 11.4 Å². The maximum atomic E-state index is 12.9. The number of hydrogen-bond donors (Lipinski definition) is 0. The standard InChI is InChI=1S/C20H23NO4S/c1-14-7-8-15(2)19(13-14)26(23,24)21(3)17-9-11-18(12-10-17)25-20(22)16-5-4-6-16/h7-13,16H,4-6H2,1-3H3. The van der Waals surface area contributed by atoms with Crippen LogP contribution in [0.2, 0.25) is 0 Å². The zero-order valence-electron chi connectivity index (χ0n) is 15.2. The molecular weight excluding hydrogens is 350 g/mol. The minimum Gasteiger partial charge on any atom is -0.426 e. The molecule has 0 amide bonds. The van der Waals surface area contributed by atoms with Gasteiger partial charge in [0.2, 0.25) is 0 Å². The van der Waals surface area contributed by atoms with Crippen LogP contribution in [-0.2, 0) is 14.8 Å². The first kappa shape index (κ1) is 18.5. The van der Waals surface area contributed by atoms with Crippen molar-refractivity contribution in [1.82, 2.24) is 0 Å². The summed E-state index contributed by atoms with van der Waals surface area (Å²) in [6.45, 7) is 3.65. The van der Waals surface area contributed by atoms with Gasteiger partial charge in [0.1, 0.15) is 5.75 Å². The van der Waals surface area contributed by atoms with Crippen LogP contribution in [0, 0.1) is 19.8 Å². The lowest BCUT2D eigenvalue weighted by molar-refractivity contribution is -0.141. The van der Waals surface area contributed by atoms with E-state index < -0.39 is 10.0 Å². The van der Waals surface area contributed by atoms with Crippen LogP contribution in [0.25, 0.3) is 0 Å². The molecule has 6 heteroatoms. The van der Waals surface area contributed by atoms with Gasteiger partial charge >= 0.3 is 5.97 Å². The molecule has 5 nitrogen and oxygen atoms in total. The third-order valence-electron chi connectivity index (χ3n) is 4.84. The van der Waals surface area contributed by atoms with Crippen molar-refractivity contribution in [3.05, 3.63) is 53.6 Å². The van der Waals surface area contributed by atoms with Gasteiger partial charge in [-0.25, -0.2) is 8.42 Å². The maximum Gasteiger partial charge on any atom is 0.314 e. The Balaban J connectivity index is 1.79. The first-order chi connectivity index (χ1) is 12.3. The van der Waals surface area contributed by atoms with Crippen LogP contribution in [0.3, 0.4) is 0 Å². The normalized spacial score (nSPS) is 14.6. The molecular formula is C20H23NO4S. The second-order valence-corrected chi connectivity index (χ2v) is 8.72. The summed E-state index contributed by atoms with van der Waals surface area (Å²) in [6, 6.07) is 11.9. The zero-order valence-corrected chi connectivity index (χ0v) is 16.0.